The SMILES string of the molecule is CC1(C)CN(c2nc[nH]c(=O)c2Cl)CCO1. The van der Waals surface area contributed by atoms with Gasteiger partial charge in [-0.25, -0.2) is 4.98 Å². The third kappa shape index (κ3) is 2.20. The van der Waals surface area contributed by atoms with Crippen LogP contribution >= 0.6 is 11.6 Å². The lowest BCUT2D eigenvalue weighted by atomic mass is 10.1. The molecule has 1 aromatic heterocycles. The summed E-state index contributed by atoms with van der Waals surface area (Å²) < 4.78 is 5.59. The van der Waals surface area contributed by atoms with Crippen LogP contribution in [0.25, 0.3) is 0 Å². The van der Waals surface area contributed by atoms with Gasteiger partial charge in [-0.05, 0) is 13.8 Å². The molecular formula is C10H14ClN3O2. The van der Waals surface area contributed by atoms with Gasteiger partial charge in [0.05, 0.1) is 18.5 Å². The lowest BCUT2D eigenvalue weighted by Gasteiger charge is -2.38. The summed E-state index contributed by atoms with van der Waals surface area (Å²) in [5, 5.41) is 0.139. The number of aromatic amines is 1. The monoisotopic (exact) mass is 243 g/mol. The van der Waals surface area contributed by atoms with Gasteiger partial charge in [0, 0.05) is 13.1 Å². The highest BCUT2D eigenvalue weighted by molar-refractivity contribution is 6.32. The maximum Gasteiger partial charge on any atom is 0.271 e. The predicted octanol–water partition coefficient (Wildman–Crippen LogP) is 1.04. The van der Waals surface area contributed by atoms with Gasteiger partial charge in [0.1, 0.15) is 5.02 Å². The average molecular weight is 244 g/mol. The number of morpholine rings is 1. The molecule has 1 N–H and O–H groups in total. The third-order valence-corrected chi connectivity index (χ3v) is 2.84. The van der Waals surface area contributed by atoms with E-state index in [2.05, 4.69) is 9.97 Å². The molecule has 5 nitrogen and oxygen atoms in total. The van der Waals surface area contributed by atoms with Crippen molar-refractivity contribution in [2.24, 2.45) is 0 Å². The van der Waals surface area contributed by atoms with E-state index in [9.17, 15) is 4.79 Å². The molecule has 0 radical (unpaired) electrons. The Hall–Kier alpha value is -1.07. The molecular weight excluding hydrogens is 230 g/mol. The minimum absolute atomic E-state index is 0.139. The van der Waals surface area contributed by atoms with Crippen LogP contribution in [0.1, 0.15) is 13.8 Å². The molecule has 88 valence electrons. The second-order valence-electron chi connectivity index (χ2n) is 4.40. The first-order valence-electron chi connectivity index (χ1n) is 5.12. The number of ether oxygens (including phenoxy) is 1. The van der Waals surface area contributed by atoms with Gasteiger partial charge in [-0.3, -0.25) is 4.79 Å². The molecule has 2 rings (SSSR count). The molecule has 0 atom stereocenters. The molecule has 0 amide bonds. The van der Waals surface area contributed by atoms with Gasteiger partial charge in [-0.2, -0.15) is 0 Å². The van der Waals surface area contributed by atoms with E-state index in [4.69, 9.17) is 16.3 Å². The van der Waals surface area contributed by atoms with E-state index in [0.717, 1.165) is 0 Å². The number of H-pyrrole nitrogens is 1. The predicted molar refractivity (Wildman–Crippen MR) is 62.1 cm³/mol. The topological polar surface area (TPSA) is 58.2 Å². The van der Waals surface area contributed by atoms with Crippen LogP contribution in [-0.2, 0) is 4.74 Å². The van der Waals surface area contributed by atoms with Crippen LogP contribution in [0.3, 0.4) is 0 Å². The molecule has 6 heteroatoms. The minimum atomic E-state index is -0.309. The van der Waals surface area contributed by atoms with Crippen LogP contribution in [0.2, 0.25) is 5.02 Å². The van der Waals surface area contributed by atoms with Crippen molar-refractivity contribution in [2.45, 2.75) is 19.4 Å². The fraction of sp³-hybridized carbons (Fsp3) is 0.600. The number of anilines is 1. The second kappa shape index (κ2) is 4.07. The van der Waals surface area contributed by atoms with E-state index in [1.807, 2.05) is 18.7 Å². The van der Waals surface area contributed by atoms with E-state index < -0.39 is 0 Å². The zero-order chi connectivity index (χ0) is 11.8. The summed E-state index contributed by atoms with van der Waals surface area (Å²) in [5.74, 6) is 0.529. The Labute approximate surface area is 98.4 Å². The standard InChI is InChI=1S/C10H14ClN3O2/c1-10(2)5-14(3-4-16-10)8-7(11)9(15)13-6-12-8/h6H,3-5H2,1-2H3,(H,12,13,15). The lowest BCUT2D eigenvalue weighted by molar-refractivity contribution is -0.0279. The van der Waals surface area contributed by atoms with E-state index in [1.165, 1.54) is 6.33 Å². The number of halogens is 1. The zero-order valence-corrected chi connectivity index (χ0v) is 10.0. The molecule has 1 aliphatic heterocycles. The van der Waals surface area contributed by atoms with E-state index in [0.29, 0.717) is 25.5 Å². The van der Waals surface area contributed by atoms with Crippen molar-refractivity contribution in [3.8, 4) is 0 Å². The molecule has 0 spiro atoms. The Morgan fingerprint density at radius 3 is 3.06 bits per heavy atom. The van der Waals surface area contributed by atoms with Crippen molar-refractivity contribution >= 4 is 17.4 Å². The number of nitrogens with one attached hydrogen (secondary N) is 1. The molecule has 16 heavy (non-hydrogen) atoms. The normalized spacial score (nSPS) is 19.8. The molecule has 0 saturated carbocycles. The first kappa shape index (κ1) is 11.4. The molecule has 1 aliphatic rings. The first-order valence-corrected chi connectivity index (χ1v) is 5.49. The third-order valence-electron chi connectivity index (χ3n) is 2.50. The number of hydrogen-bond donors (Lipinski definition) is 1. The Bertz CT molecular complexity index is 444. The second-order valence-corrected chi connectivity index (χ2v) is 4.78. The lowest BCUT2D eigenvalue weighted by Crippen LogP contribution is -2.49. The van der Waals surface area contributed by atoms with Gasteiger partial charge >= 0.3 is 0 Å². The number of aromatic nitrogens is 2. The van der Waals surface area contributed by atoms with E-state index >= 15 is 0 Å². The van der Waals surface area contributed by atoms with Gasteiger partial charge in [0.15, 0.2) is 5.82 Å². The highest BCUT2D eigenvalue weighted by Gasteiger charge is 2.29. The van der Waals surface area contributed by atoms with Crippen molar-refractivity contribution < 1.29 is 4.74 Å². The van der Waals surface area contributed by atoms with E-state index in [1.54, 1.807) is 0 Å². The van der Waals surface area contributed by atoms with Gasteiger partial charge in [-0.1, -0.05) is 11.6 Å². The fourth-order valence-corrected chi connectivity index (χ4v) is 2.01. The summed E-state index contributed by atoms with van der Waals surface area (Å²) in [4.78, 5) is 19.9. The maximum atomic E-state index is 11.4. The molecule has 0 bridgehead atoms. The highest BCUT2D eigenvalue weighted by atomic mass is 35.5. The quantitative estimate of drug-likeness (QED) is 0.801. The summed E-state index contributed by atoms with van der Waals surface area (Å²) in [7, 11) is 0. The van der Waals surface area contributed by atoms with Gasteiger partial charge < -0.3 is 14.6 Å². The first-order chi connectivity index (χ1) is 7.49. The smallest absolute Gasteiger partial charge is 0.271 e. The zero-order valence-electron chi connectivity index (χ0n) is 9.29. The van der Waals surface area contributed by atoms with Crippen LogP contribution in [0.15, 0.2) is 11.1 Å². The molecule has 0 aliphatic carbocycles. The van der Waals surface area contributed by atoms with Crippen LogP contribution in [0, 0.1) is 0 Å². The van der Waals surface area contributed by atoms with Crippen molar-refractivity contribution in [1.82, 2.24) is 9.97 Å². The van der Waals surface area contributed by atoms with Crippen LogP contribution in [0.5, 0.6) is 0 Å². The van der Waals surface area contributed by atoms with Gasteiger partial charge in [0.2, 0.25) is 0 Å². The van der Waals surface area contributed by atoms with Crippen LogP contribution in [-0.4, -0.2) is 35.3 Å². The van der Waals surface area contributed by atoms with Crippen molar-refractivity contribution in [3.63, 3.8) is 0 Å². The molecule has 1 aromatic rings. The molecule has 1 fully saturated rings. The van der Waals surface area contributed by atoms with Gasteiger partial charge in [-0.15, -0.1) is 0 Å². The molecule has 2 heterocycles. The Balaban J connectivity index is 2.31. The maximum absolute atomic E-state index is 11.4. The van der Waals surface area contributed by atoms with Crippen LogP contribution < -0.4 is 10.5 Å². The minimum Gasteiger partial charge on any atom is -0.372 e. The Morgan fingerprint density at radius 2 is 2.38 bits per heavy atom. The van der Waals surface area contributed by atoms with Crippen molar-refractivity contribution in [1.29, 1.82) is 0 Å². The van der Waals surface area contributed by atoms with E-state index in [-0.39, 0.29) is 16.2 Å². The fourth-order valence-electron chi connectivity index (χ4n) is 1.79. The average Bonchev–Trinajstić information content (AvgIpc) is 2.20. The number of hydrogen-bond acceptors (Lipinski definition) is 4. The van der Waals surface area contributed by atoms with Gasteiger partial charge in [0.25, 0.3) is 5.56 Å². The highest BCUT2D eigenvalue weighted by Crippen LogP contribution is 2.24. The summed E-state index contributed by atoms with van der Waals surface area (Å²) in [6, 6.07) is 0. The Kier molecular flexibility index (Phi) is 2.90. The molecule has 0 aromatic carbocycles. The Morgan fingerprint density at radius 1 is 1.62 bits per heavy atom. The summed E-state index contributed by atoms with van der Waals surface area (Å²) in [6.45, 7) is 5.97. The summed E-state index contributed by atoms with van der Waals surface area (Å²) in [6.07, 6.45) is 1.37. The molecule has 1 saturated heterocycles. The number of rotatable bonds is 1. The number of nitrogens with zero attached hydrogens (tertiary/aromatic N) is 2. The van der Waals surface area contributed by atoms with Crippen LogP contribution in [0.4, 0.5) is 5.82 Å². The summed E-state index contributed by atoms with van der Waals surface area (Å²) >= 11 is 5.93. The van der Waals surface area contributed by atoms with Crippen molar-refractivity contribution in [2.75, 3.05) is 24.6 Å². The largest absolute Gasteiger partial charge is 0.372 e. The summed E-state index contributed by atoms with van der Waals surface area (Å²) in [5.41, 5.74) is -0.553. The van der Waals surface area contributed by atoms with Crippen molar-refractivity contribution in [3.05, 3.63) is 21.7 Å². The molecule has 0 unspecified atom stereocenters.